The van der Waals surface area contributed by atoms with E-state index in [4.69, 9.17) is 5.73 Å². The Balaban J connectivity index is 2.70. The van der Waals surface area contributed by atoms with E-state index in [1.807, 2.05) is 0 Å². The van der Waals surface area contributed by atoms with Gasteiger partial charge in [-0.2, -0.15) is 0 Å². The topological polar surface area (TPSA) is 92.5 Å². The Labute approximate surface area is 103 Å². The van der Waals surface area contributed by atoms with Crippen molar-refractivity contribution in [3.63, 3.8) is 0 Å². The lowest BCUT2D eigenvalue weighted by atomic mass is 9.89. The highest BCUT2D eigenvalue weighted by molar-refractivity contribution is 7.89. The van der Waals surface area contributed by atoms with Crippen LogP contribution in [0.5, 0.6) is 0 Å². The molecule has 0 aliphatic carbocycles. The highest BCUT2D eigenvalue weighted by atomic mass is 32.2. The van der Waals surface area contributed by atoms with Crippen molar-refractivity contribution in [3.05, 3.63) is 0 Å². The first-order chi connectivity index (χ1) is 7.85. The molecule has 0 radical (unpaired) electrons. The fourth-order valence-corrected chi connectivity index (χ4v) is 3.68. The van der Waals surface area contributed by atoms with Crippen LogP contribution in [-0.2, 0) is 14.8 Å². The highest BCUT2D eigenvalue weighted by Crippen LogP contribution is 2.31. The Morgan fingerprint density at radius 2 is 2.18 bits per heavy atom. The third kappa shape index (κ3) is 3.17. The lowest BCUT2D eigenvalue weighted by Crippen LogP contribution is -2.40. The zero-order valence-electron chi connectivity index (χ0n) is 10.4. The second-order valence-corrected chi connectivity index (χ2v) is 6.77. The van der Waals surface area contributed by atoms with E-state index in [0.717, 1.165) is 0 Å². The number of carbonyl (C=O) groups excluding carboxylic acids is 1. The molecule has 0 bridgehead atoms. The van der Waals surface area contributed by atoms with E-state index in [1.165, 1.54) is 4.31 Å². The van der Waals surface area contributed by atoms with Crippen LogP contribution in [0, 0.1) is 5.41 Å². The summed E-state index contributed by atoms with van der Waals surface area (Å²) in [5.41, 5.74) is 4.70. The van der Waals surface area contributed by atoms with Gasteiger partial charge >= 0.3 is 0 Å². The minimum absolute atomic E-state index is 0.0628. The molecule has 1 aliphatic rings. The second-order valence-electron chi connectivity index (χ2n) is 4.68. The number of nitrogens with zero attached hydrogens (tertiary/aromatic N) is 1. The van der Waals surface area contributed by atoms with Gasteiger partial charge in [0.05, 0.1) is 11.2 Å². The summed E-state index contributed by atoms with van der Waals surface area (Å²) in [6.45, 7) is 2.83. The molecule has 3 N–H and O–H groups in total. The summed E-state index contributed by atoms with van der Waals surface area (Å²) in [6.07, 6.45) is 1.02. The number of nitrogens with two attached hydrogens (primary N) is 1. The molecular weight excluding hydrogens is 242 g/mol. The maximum atomic E-state index is 11.9. The van der Waals surface area contributed by atoms with Gasteiger partial charge in [-0.15, -0.1) is 0 Å². The Morgan fingerprint density at radius 3 is 2.71 bits per heavy atom. The number of rotatable bonds is 5. The van der Waals surface area contributed by atoms with Crippen LogP contribution in [0.1, 0.15) is 19.8 Å². The molecule has 1 atom stereocenters. The van der Waals surface area contributed by atoms with Gasteiger partial charge in [-0.25, -0.2) is 12.7 Å². The van der Waals surface area contributed by atoms with Crippen molar-refractivity contribution < 1.29 is 13.2 Å². The molecule has 0 saturated carbocycles. The first-order valence-electron chi connectivity index (χ1n) is 5.76. The van der Waals surface area contributed by atoms with E-state index in [1.54, 1.807) is 14.0 Å². The molecule has 1 unspecified atom stereocenters. The fraction of sp³-hybridized carbons (Fsp3) is 0.900. The molecule has 1 rings (SSSR count). The van der Waals surface area contributed by atoms with Crippen molar-refractivity contribution in [1.82, 2.24) is 9.62 Å². The van der Waals surface area contributed by atoms with Gasteiger partial charge in [-0.1, -0.05) is 0 Å². The first-order valence-corrected chi connectivity index (χ1v) is 7.37. The van der Waals surface area contributed by atoms with Gasteiger partial charge in [0, 0.05) is 20.1 Å². The van der Waals surface area contributed by atoms with Crippen LogP contribution in [0.4, 0.5) is 0 Å². The summed E-state index contributed by atoms with van der Waals surface area (Å²) in [4.78, 5) is 11.7. The van der Waals surface area contributed by atoms with Gasteiger partial charge in [0.1, 0.15) is 0 Å². The quantitative estimate of drug-likeness (QED) is 0.674. The largest absolute Gasteiger partial charge is 0.359 e. The zero-order valence-corrected chi connectivity index (χ0v) is 11.2. The van der Waals surface area contributed by atoms with E-state index in [9.17, 15) is 13.2 Å². The van der Waals surface area contributed by atoms with Gasteiger partial charge < -0.3 is 11.1 Å². The van der Waals surface area contributed by atoms with Crippen molar-refractivity contribution in [1.29, 1.82) is 0 Å². The molecule has 0 aromatic rings. The van der Waals surface area contributed by atoms with Gasteiger partial charge in [-0.3, -0.25) is 4.79 Å². The molecule has 1 heterocycles. The zero-order chi connectivity index (χ0) is 13.1. The van der Waals surface area contributed by atoms with Crippen molar-refractivity contribution in [2.45, 2.75) is 19.8 Å². The highest BCUT2D eigenvalue weighted by Gasteiger charge is 2.43. The van der Waals surface area contributed by atoms with E-state index in [-0.39, 0.29) is 18.2 Å². The van der Waals surface area contributed by atoms with Crippen LogP contribution < -0.4 is 11.1 Å². The van der Waals surface area contributed by atoms with E-state index in [0.29, 0.717) is 25.9 Å². The molecule has 17 heavy (non-hydrogen) atoms. The summed E-state index contributed by atoms with van der Waals surface area (Å²) < 4.78 is 25.3. The maximum absolute atomic E-state index is 11.9. The predicted octanol–water partition coefficient (Wildman–Crippen LogP) is -0.877. The summed E-state index contributed by atoms with van der Waals surface area (Å²) in [5.74, 6) is -0.0399. The molecule has 1 amide bonds. The average molecular weight is 263 g/mol. The lowest BCUT2D eigenvalue weighted by Gasteiger charge is -2.22. The molecule has 100 valence electrons. The van der Waals surface area contributed by atoms with Crippen LogP contribution >= 0.6 is 0 Å². The van der Waals surface area contributed by atoms with Crippen LogP contribution in [0.25, 0.3) is 0 Å². The monoisotopic (exact) mass is 263 g/mol. The fourth-order valence-electron chi connectivity index (χ4n) is 2.04. The van der Waals surface area contributed by atoms with Gasteiger partial charge in [-0.05, 0) is 26.3 Å². The number of nitrogens with one attached hydrogen (secondary N) is 1. The summed E-state index contributed by atoms with van der Waals surface area (Å²) >= 11 is 0. The van der Waals surface area contributed by atoms with Gasteiger partial charge in [0.2, 0.25) is 15.9 Å². The van der Waals surface area contributed by atoms with E-state index in [2.05, 4.69) is 5.32 Å². The molecule has 0 aromatic heterocycles. The molecule has 6 nitrogen and oxygen atoms in total. The summed E-state index contributed by atoms with van der Waals surface area (Å²) in [7, 11) is -1.69. The Morgan fingerprint density at radius 1 is 1.53 bits per heavy atom. The van der Waals surface area contributed by atoms with Crippen LogP contribution in [-0.4, -0.2) is 51.1 Å². The third-order valence-corrected chi connectivity index (χ3v) is 5.12. The first kappa shape index (κ1) is 14.4. The van der Waals surface area contributed by atoms with E-state index >= 15 is 0 Å². The second kappa shape index (κ2) is 5.32. The minimum Gasteiger partial charge on any atom is -0.359 e. The summed E-state index contributed by atoms with van der Waals surface area (Å²) in [5, 5.41) is 2.58. The molecule has 0 aromatic carbocycles. The molecule has 1 aliphatic heterocycles. The Kier molecular flexibility index (Phi) is 4.51. The third-order valence-electron chi connectivity index (χ3n) is 3.21. The van der Waals surface area contributed by atoms with Crippen molar-refractivity contribution in [3.8, 4) is 0 Å². The van der Waals surface area contributed by atoms with Crippen molar-refractivity contribution in [2.75, 3.05) is 32.4 Å². The molecule has 1 saturated heterocycles. The van der Waals surface area contributed by atoms with Crippen molar-refractivity contribution >= 4 is 15.9 Å². The number of amides is 1. The van der Waals surface area contributed by atoms with Crippen LogP contribution in [0.15, 0.2) is 0 Å². The van der Waals surface area contributed by atoms with Gasteiger partial charge in [0.25, 0.3) is 0 Å². The maximum Gasteiger partial charge on any atom is 0.227 e. The van der Waals surface area contributed by atoms with Crippen molar-refractivity contribution in [2.24, 2.45) is 11.1 Å². The number of hydrogen-bond donors (Lipinski definition) is 2. The van der Waals surface area contributed by atoms with Crippen LogP contribution in [0.2, 0.25) is 0 Å². The molecule has 1 fully saturated rings. The van der Waals surface area contributed by atoms with E-state index < -0.39 is 15.4 Å². The molecule has 0 spiro atoms. The Bertz CT molecular complexity index is 382. The van der Waals surface area contributed by atoms with Crippen LogP contribution in [0.3, 0.4) is 0 Å². The number of hydrogen-bond acceptors (Lipinski definition) is 4. The normalized spacial score (nSPS) is 26.1. The Hall–Kier alpha value is -0.660. The lowest BCUT2D eigenvalue weighted by molar-refractivity contribution is -0.128. The SMILES string of the molecule is CNC(=O)C1(C)CCN(S(=O)(=O)CCCN)C1. The molecular formula is C10H21N3O3S. The average Bonchev–Trinajstić information content (AvgIpc) is 2.70. The number of carbonyl (C=O) groups is 1. The minimum atomic E-state index is -3.26. The standard InChI is InChI=1S/C10H21N3O3S/c1-10(9(14)12-2)4-6-13(8-10)17(15,16)7-3-5-11/h3-8,11H2,1-2H3,(H,12,14). The molecule has 7 heteroatoms. The smallest absolute Gasteiger partial charge is 0.227 e. The summed E-state index contributed by atoms with van der Waals surface area (Å²) in [6, 6.07) is 0. The van der Waals surface area contributed by atoms with Gasteiger partial charge in [0.15, 0.2) is 0 Å². The predicted molar refractivity (Wildman–Crippen MR) is 65.8 cm³/mol. The number of sulfonamides is 1.